The molecule has 0 bridgehead atoms. The summed E-state index contributed by atoms with van der Waals surface area (Å²) in [5.74, 6) is -1.02. The number of hydrogen-bond acceptors (Lipinski definition) is 4. The SMILES string of the molecule is O=C(O)CCCNC(=O)CCCNC(=O)OCC1c2ccccc2-c2ccccc21. The first kappa shape index (κ1) is 21.4. The molecule has 1 aliphatic carbocycles. The Balaban J connectivity index is 1.37. The zero-order valence-corrected chi connectivity index (χ0v) is 16.7. The number of amides is 2. The second-order valence-electron chi connectivity index (χ2n) is 7.20. The quantitative estimate of drug-likeness (QED) is 0.522. The Kier molecular flexibility index (Phi) is 7.43. The maximum atomic E-state index is 12.1. The van der Waals surface area contributed by atoms with Crippen LogP contribution in [0.5, 0.6) is 0 Å². The monoisotopic (exact) mass is 410 g/mol. The van der Waals surface area contributed by atoms with Gasteiger partial charge >= 0.3 is 12.1 Å². The van der Waals surface area contributed by atoms with E-state index in [4.69, 9.17) is 9.84 Å². The van der Waals surface area contributed by atoms with Gasteiger partial charge in [-0.15, -0.1) is 0 Å². The first-order valence-electron chi connectivity index (χ1n) is 10.1. The van der Waals surface area contributed by atoms with Gasteiger partial charge in [-0.3, -0.25) is 9.59 Å². The minimum absolute atomic E-state index is 0.0136. The highest BCUT2D eigenvalue weighted by atomic mass is 16.5. The first-order chi connectivity index (χ1) is 14.6. The topological polar surface area (TPSA) is 105 Å². The number of fused-ring (bicyclic) bond motifs is 3. The Labute approximate surface area is 175 Å². The van der Waals surface area contributed by atoms with Crippen molar-refractivity contribution in [2.75, 3.05) is 19.7 Å². The summed E-state index contributed by atoms with van der Waals surface area (Å²) in [6.07, 6.45) is 0.674. The molecule has 0 atom stereocenters. The first-order valence-corrected chi connectivity index (χ1v) is 10.1. The average molecular weight is 410 g/mol. The molecule has 7 heteroatoms. The second-order valence-corrected chi connectivity index (χ2v) is 7.20. The van der Waals surface area contributed by atoms with Gasteiger partial charge in [0.15, 0.2) is 0 Å². The van der Waals surface area contributed by atoms with Crippen LogP contribution in [0.25, 0.3) is 11.1 Å². The van der Waals surface area contributed by atoms with E-state index in [9.17, 15) is 14.4 Å². The molecule has 0 aromatic heterocycles. The molecular formula is C23H26N2O5. The lowest BCUT2D eigenvalue weighted by molar-refractivity contribution is -0.137. The van der Waals surface area contributed by atoms with Crippen molar-refractivity contribution in [2.45, 2.75) is 31.6 Å². The van der Waals surface area contributed by atoms with E-state index < -0.39 is 12.1 Å². The average Bonchev–Trinajstić information content (AvgIpc) is 3.06. The molecule has 30 heavy (non-hydrogen) atoms. The van der Waals surface area contributed by atoms with Gasteiger partial charge in [0.1, 0.15) is 6.61 Å². The molecule has 0 unspecified atom stereocenters. The highest BCUT2D eigenvalue weighted by Crippen LogP contribution is 2.44. The van der Waals surface area contributed by atoms with E-state index in [0.717, 1.165) is 11.1 Å². The molecule has 0 radical (unpaired) electrons. The third kappa shape index (κ3) is 5.59. The van der Waals surface area contributed by atoms with Gasteiger partial charge in [0.2, 0.25) is 5.91 Å². The molecule has 0 heterocycles. The molecule has 1 aliphatic rings. The fraction of sp³-hybridized carbons (Fsp3) is 0.348. The zero-order valence-electron chi connectivity index (χ0n) is 16.7. The number of carbonyl (C=O) groups is 3. The number of hydrogen-bond donors (Lipinski definition) is 3. The summed E-state index contributed by atoms with van der Waals surface area (Å²) < 4.78 is 5.44. The Morgan fingerprint density at radius 1 is 0.833 bits per heavy atom. The van der Waals surface area contributed by atoms with E-state index in [0.29, 0.717) is 25.9 Å². The van der Waals surface area contributed by atoms with Crippen molar-refractivity contribution in [3.8, 4) is 11.1 Å². The van der Waals surface area contributed by atoms with E-state index in [1.165, 1.54) is 11.1 Å². The number of ether oxygens (including phenoxy) is 1. The zero-order chi connectivity index (χ0) is 21.3. The van der Waals surface area contributed by atoms with Crippen LogP contribution in [0, 0.1) is 0 Å². The number of alkyl carbamates (subject to hydrolysis) is 1. The summed E-state index contributed by atoms with van der Waals surface area (Å²) >= 11 is 0. The standard InChI is InChI=1S/C23H26N2O5/c26-21(24-13-6-12-22(27)28)11-5-14-25-23(29)30-15-20-18-9-3-1-7-16(18)17-8-2-4-10-19(17)20/h1-4,7-10,20H,5-6,11-15H2,(H,24,26)(H,25,29)(H,27,28). The smallest absolute Gasteiger partial charge is 0.407 e. The summed E-state index contributed by atoms with van der Waals surface area (Å²) in [4.78, 5) is 34.1. The van der Waals surface area contributed by atoms with Crippen molar-refractivity contribution in [1.29, 1.82) is 0 Å². The summed E-state index contributed by atoms with van der Waals surface area (Å²) in [5, 5.41) is 13.9. The fourth-order valence-electron chi connectivity index (χ4n) is 3.64. The number of carbonyl (C=O) groups excluding carboxylic acids is 2. The third-order valence-electron chi connectivity index (χ3n) is 5.08. The third-order valence-corrected chi connectivity index (χ3v) is 5.08. The van der Waals surface area contributed by atoms with Gasteiger partial charge < -0.3 is 20.5 Å². The minimum Gasteiger partial charge on any atom is -0.481 e. The molecule has 0 saturated carbocycles. The molecule has 0 fully saturated rings. The van der Waals surface area contributed by atoms with Gasteiger partial charge in [-0.1, -0.05) is 48.5 Å². The number of carboxylic acids is 1. The van der Waals surface area contributed by atoms with Crippen LogP contribution in [0.2, 0.25) is 0 Å². The van der Waals surface area contributed by atoms with Gasteiger partial charge in [0.25, 0.3) is 0 Å². The highest BCUT2D eigenvalue weighted by Gasteiger charge is 2.28. The lowest BCUT2D eigenvalue weighted by atomic mass is 9.98. The van der Waals surface area contributed by atoms with Gasteiger partial charge in [-0.2, -0.15) is 0 Å². The van der Waals surface area contributed by atoms with Crippen LogP contribution < -0.4 is 10.6 Å². The van der Waals surface area contributed by atoms with E-state index >= 15 is 0 Å². The van der Waals surface area contributed by atoms with Gasteiger partial charge in [0, 0.05) is 31.8 Å². The van der Waals surface area contributed by atoms with Crippen molar-refractivity contribution in [3.05, 3.63) is 59.7 Å². The Morgan fingerprint density at radius 3 is 2.03 bits per heavy atom. The minimum atomic E-state index is -0.878. The highest BCUT2D eigenvalue weighted by molar-refractivity contribution is 5.79. The summed E-state index contributed by atoms with van der Waals surface area (Å²) in [6, 6.07) is 16.3. The molecule has 158 valence electrons. The maximum Gasteiger partial charge on any atom is 0.407 e. The van der Waals surface area contributed by atoms with Crippen LogP contribution in [-0.2, 0) is 14.3 Å². The molecule has 2 amide bonds. The van der Waals surface area contributed by atoms with E-state index in [-0.39, 0.29) is 31.3 Å². The molecule has 2 aromatic rings. The van der Waals surface area contributed by atoms with Crippen LogP contribution in [0.1, 0.15) is 42.7 Å². The van der Waals surface area contributed by atoms with Gasteiger partial charge in [-0.05, 0) is 35.1 Å². The lowest BCUT2D eigenvalue weighted by Crippen LogP contribution is -2.29. The predicted molar refractivity (Wildman–Crippen MR) is 112 cm³/mol. The van der Waals surface area contributed by atoms with E-state index in [1.54, 1.807) is 0 Å². The fourth-order valence-corrected chi connectivity index (χ4v) is 3.64. The molecule has 7 nitrogen and oxygen atoms in total. The molecular weight excluding hydrogens is 384 g/mol. The number of rotatable bonds is 10. The Hall–Kier alpha value is -3.35. The molecule has 2 aromatic carbocycles. The molecule has 3 rings (SSSR count). The van der Waals surface area contributed by atoms with Crippen molar-refractivity contribution in [1.82, 2.24) is 10.6 Å². The largest absolute Gasteiger partial charge is 0.481 e. The van der Waals surface area contributed by atoms with Gasteiger partial charge in [0.05, 0.1) is 0 Å². The number of nitrogens with one attached hydrogen (secondary N) is 2. The Bertz CT molecular complexity index is 866. The van der Waals surface area contributed by atoms with Crippen LogP contribution in [-0.4, -0.2) is 42.8 Å². The van der Waals surface area contributed by atoms with Crippen molar-refractivity contribution < 1.29 is 24.2 Å². The summed E-state index contributed by atoms with van der Waals surface area (Å²) in [6.45, 7) is 0.925. The molecule has 0 saturated heterocycles. The molecule has 0 spiro atoms. The number of aliphatic carboxylic acids is 1. The van der Waals surface area contributed by atoms with E-state index in [2.05, 4.69) is 34.9 Å². The molecule has 0 aliphatic heterocycles. The number of carboxylic acid groups (broad SMARTS) is 1. The Morgan fingerprint density at radius 2 is 1.40 bits per heavy atom. The maximum absolute atomic E-state index is 12.1. The summed E-state index contributed by atoms with van der Waals surface area (Å²) in [5.41, 5.74) is 4.67. The number of benzene rings is 2. The lowest BCUT2D eigenvalue weighted by Gasteiger charge is -2.14. The predicted octanol–water partition coefficient (Wildman–Crippen LogP) is 3.29. The van der Waals surface area contributed by atoms with Crippen LogP contribution in [0.15, 0.2) is 48.5 Å². The van der Waals surface area contributed by atoms with Crippen LogP contribution >= 0.6 is 0 Å². The summed E-state index contributed by atoms with van der Waals surface area (Å²) in [7, 11) is 0. The van der Waals surface area contributed by atoms with Crippen LogP contribution in [0.3, 0.4) is 0 Å². The van der Waals surface area contributed by atoms with Crippen LogP contribution in [0.4, 0.5) is 4.79 Å². The van der Waals surface area contributed by atoms with Crippen molar-refractivity contribution in [3.63, 3.8) is 0 Å². The second kappa shape index (κ2) is 10.4. The normalized spacial score (nSPS) is 12.0. The molecule has 3 N–H and O–H groups in total. The van der Waals surface area contributed by atoms with Crippen molar-refractivity contribution in [2.24, 2.45) is 0 Å². The van der Waals surface area contributed by atoms with Crippen molar-refractivity contribution >= 4 is 18.0 Å². The van der Waals surface area contributed by atoms with Gasteiger partial charge in [-0.25, -0.2) is 4.79 Å². The van der Waals surface area contributed by atoms with E-state index in [1.807, 2.05) is 24.3 Å².